The van der Waals surface area contributed by atoms with E-state index in [1.807, 2.05) is 0 Å². The first-order valence-electron chi connectivity index (χ1n) is 8.48. The standard InChI is InChI=1S/C21H13N3O6/c22-12-15(20(25)23-16-5-7-17(8-6-16)24(28)29)11-18-9-10-19(30-18)13-1-3-14(4-2-13)21(26)27/h1-11H,(H,23,25)(H,26,27)/b15-11+. The van der Waals surface area contributed by atoms with Gasteiger partial charge in [0, 0.05) is 29.5 Å². The lowest BCUT2D eigenvalue weighted by Gasteiger charge is -2.03. The molecule has 3 rings (SSSR count). The highest BCUT2D eigenvalue weighted by molar-refractivity contribution is 6.09. The van der Waals surface area contributed by atoms with Crippen molar-refractivity contribution in [2.75, 3.05) is 5.32 Å². The van der Waals surface area contributed by atoms with Crippen LogP contribution in [-0.4, -0.2) is 21.9 Å². The summed E-state index contributed by atoms with van der Waals surface area (Å²) in [6, 6.07) is 16.2. The van der Waals surface area contributed by atoms with E-state index in [0.717, 1.165) is 0 Å². The second-order valence-corrected chi connectivity index (χ2v) is 6.01. The van der Waals surface area contributed by atoms with E-state index in [9.17, 15) is 25.0 Å². The number of carbonyl (C=O) groups is 2. The molecule has 2 N–H and O–H groups in total. The van der Waals surface area contributed by atoms with Crippen molar-refractivity contribution < 1.29 is 24.0 Å². The van der Waals surface area contributed by atoms with Gasteiger partial charge in [0.2, 0.25) is 0 Å². The Balaban J connectivity index is 1.75. The molecule has 1 aromatic heterocycles. The lowest BCUT2D eigenvalue weighted by Crippen LogP contribution is -2.13. The van der Waals surface area contributed by atoms with E-state index >= 15 is 0 Å². The van der Waals surface area contributed by atoms with Crippen molar-refractivity contribution in [2.24, 2.45) is 0 Å². The molecule has 0 saturated carbocycles. The molecule has 9 nitrogen and oxygen atoms in total. The van der Waals surface area contributed by atoms with E-state index in [1.54, 1.807) is 30.3 Å². The summed E-state index contributed by atoms with van der Waals surface area (Å²) >= 11 is 0. The Morgan fingerprint density at radius 2 is 1.73 bits per heavy atom. The molecule has 2 aromatic carbocycles. The van der Waals surface area contributed by atoms with Crippen molar-refractivity contribution in [3.05, 3.63) is 87.7 Å². The fraction of sp³-hybridized carbons (Fsp3) is 0. The molecule has 0 atom stereocenters. The van der Waals surface area contributed by atoms with Crippen LogP contribution in [0.5, 0.6) is 0 Å². The Morgan fingerprint density at radius 3 is 2.30 bits per heavy atom. The van der Waals surface area contributed by atoms with Gasteiger partial charge in [0.05, 0.1) is 10.5 Å². The van der Waals surface area contributed by atoms with Crippen molar-refractivity contribution >= 4 is 29.3 Å². The van der Waals surface area contributed by atoms with Crippen molar-refractivity contribution in [2.45, 2.75) is 0 Å². The number of nitro groups is 1. The third kappa shape index (κ3) is 4.58. The van der Waals surface area contributed by atoms with Crippen molar-refractivity contribution in [3.63, 3.8) is 0 Å². The highest BCUT2D eigenvalue weighted by Gasteiger charge is 2.13. The summed E-state index contributed by atoms with van der Waals surface area (Å²) in [6.45, 7) is 0. The number of nitrogens with one attached hydrogen (secondary N) is 1. The number of non-ortho nitro benzene ring substituents is 1. The van der Waals surface area contributed by atoms with Gasteiger partial charge in [-0.25, -0.2) is 4.79 Å². The maximum atomic E-state index is 12.3. The number of anilines is 1. The summed E-state index contributed by atoms with van der Waals surface area (Å²) in [4.78, 5) is 33.3. The molecule has 0 fully saturated rings. The SMILES string of the molecule is N#C/C(=C\c1ccc(-c2ccc(C(=O)O)cc2)o1)C(=O)Nc1ccc([N+](=O)[O-])cc1. The lowest BCUT2D eigenvalue weighted by atomic mass is 10.1. The van der Waals surface area contributed by atoms with Crippen LogP contribution in [0, 0.1) is 21.4 Å². The molecule has 30 heavy (non-hydrogen) atoms. The summed E-state index contributed by atoms with van der Waals surface area (Å²) in [5, 5.41) is 31.4. The van der Waals surface area contributed by atoms with Crippen LogP contribution in [0.2, 0.25) is 0 Å². The van der Waals surface area contributed by atoms with Gasteiger partial charge in [-0.05, 0) is 36.4 Å². The molecule has 0 aliphatic rings. The maximum Gasteiger partial charge on any atom is 0.335 e. The van der Waals surface area contributed by atoms with Gasteiger partial charge >= 0.3 is 5.97 Å². The first-order chi connectivity index (χ1) is 14.4. The fourth-order valence-corrected chi connectivity index (χ4v) is 2.52. The number of carboxylic acid groups (broad SMARTS) is 1. The smallest absolute Gasteiger partial charge is 0.335 e. The number of hydrogen-bond donors (Lipinski definition) is 2. The molecule has 3 aromatic rings. The Kier molecular flexibility index (Phi) is 5.70. The molecule has 0 saturated heterocycles. The Bertz CT molecular complexity index is 1180. The Hall–Kier alpha value is -4.71. The van der Waals surface area contributed by atoms with Crippen LogP contribution in [0.15, 0.2) is 70.7 Å². The molecule has 1 amide bonds. The highest BCUT2D eigenvalue weighted by Crippen LogP contribution is 2.24. The van der Waals surface area contributed by atoms with Crippen LogP contribution in [0.25, 0.3) is 17.4 Å². The molecular formula is C21H13N3O6. The number of hydrogen-bond acceptors (Lipinski definition) is 6. The van der Waals surface area contributed by atoms with Crippen LogP contribution in [-0.2, 0) is 4.79 Å². The van der Waals surface area contributed by atoms with Gasteiger partial charge in [-0.1, -0.05) is 12.1 Å². The number of carboxylic acids is 1. The van der Waals surface area contributed by atoms with Gasteiger partial charge in [0.15, 0.2) is 0 Å². The summed E-state index contributed by atoms with van der Waals surface area (Å²) in [7, 11) is 0. The average molecular weight is 403 g/mol. The van der Waals surface area contributed by atoms with Gasteiger partial charge in [-0.3, -0.25) is 14.9 Å². The third-order valence-electron chi connectivity index (χ3n) is 4.03. The van der Waals surface area contributed by atoms with Crippen LogP contribution in [0.4, 0.5) is 11.4 Å². The first kappa shape index (κ1) is 20.0. The van der Waals surface area contributed by atoms with Gasteiger partial charge in [-0.2, -0.15) is 5.26 Å². The van der Waals surface area contributed by atoms with E-state index in [0.29, 0.717) is 17.0 Å². The fourth-order valence-electron chi connectivity index (χ4n) is 2.52. The van der Waals surface area contributed by atoms with Gasteiger partial charge < -0.3 is 14.8 Å². The molecular weight excluding hydrogens is 390 g/mol. The van der Waals surface area contributed by atoms with E-state index < -0.39 is 16.8 Å². The molecule has 148 valence electrons. The summed E-state index contributed by atoms with van der Waals surface area (Å²) < 4.78 is 5.61. The van der Waals surface area contributed by atoms with Gasteiger partial charge in [-0.15, -0.1) is 0 Å². The monoisotopic (exact) mass is 403 g/mol. The largest absolute Gasteiger partial charge is 0.478 e. The molecule has 0 aliphatic carbocycles. The number of benzene rings is 2. The summed E-state index contributed by atoms with van der Waals surface area (Å²) in [5.41, 5.74) is 0.720. The van der Waals surface area contributed by atoms with Crippen molar-refractivity contribution in [3.8, 4) is 17.4 Å². The number of rotatable bonds is 6. The molecule has 0 bridgehead atoms. The normalized spacial score (nSPS) is 10.8. The molecule has 0 aliphatic heterocycles. The second kappa shape index (κ2) is 8.53. The zero-order valence-electron chi connectivity index (χ0n) is 15.2. The quantitative estimate of drug-likeness (QED) is 0.272. The zero-order chi connectivity index (χ0) is 21.7. The van der Waals surface area contributed by atoms with E-state index in [-0.39, 0.29) is 22.6 Å². The minimum Gasteiger partial charge on any atom is -0.478 e. The number of nitro benzene ring substituents is 1. The van der Waals surface area contributed by atoms with E-state index in [4.69, 9.17) is 9.52 Å². The first-order valence-corrected chi connectivity index (χ1v) is 8.48. The molecule has 0 radical (unpaired) electrons. The molecule has 0 spiro atoms. The number of nitrogens with zero attached hydrogens (tertiary/aromatic N) is 2. The molecule has 9 heteroatoms. The third-order valence-corrected chi connectivity index (χ3v) is 4.03. The van der Waals surface area contributed by atoms with Gasteiger partial charge in [0.25, 0.3) is 11.6 Å². The second-order valence-electron chi connectivity index (χ2n) is 6.01. The summed E-state index contributed by atoms with van der Waals surface area (Å²) in [5.74, 6) is -1.05. The van der Waals surface area contributed by atoms with Crippen LogP contribution < -0.4 is 5.32 Å². The van der Waals surface area contributed by atoms with Crippen LogP contribution in [0.3, 0.4) is 0 Å². The molecule has 1 heterocycles. The van der Waals surface area contributed by atoms with E-state index in [1.165, 1.54) is 42.5 Å². The predicted octanol–water partition coefficient (Wildman–Crippen LogP) is 4.10. The Labute approximate surface area is 169 Å². The molecule has 0 unspecified atom stereocenters. The number of nitriles is 1. The van der Waals surface area contributed by atoms with Crippen molar-refractivity contribution in [1.82, 2.24) is 0 Å². The number of amides is 1. The van der Waals surface area contributed by atoms with Gasteiger partial charge in [0.1, 0.15) is 23.2 Å². The van der Waals surface area contributed by atoms with Crippen LogP contribution >= 0.6 is 0 Å². The maximum absolute atomic E-state index is 12.3. The average Bonchev–Trinajstić information content (AvgIpc) is 3.21. The van der Waals surface area contributed by atoms with E-state index in [2.05, 4.69) is 5.32 Å². The Morgan fingerprint density at radius 1 is 1.07 bits per heavy atom. The number of furan rings is 1. The minimum atomic E-state index is -1.04. The number of aromatic carboxylic acids is 1. The van der Waals surface area contributed by atoms with Crippen LogP contribution in [0.1, 0.15) is 16.1 Å². The predicted molar refractivity (Wildman–Crippen MR) is 106 cm³/mol. The number of carbonyl (C=O) groups excluding carboxylic acids is 1. The lowest BCUT2D eigenvalue weighted by molar-refractivity contribution is -0.384. The highest BCUT2D eigenvalue weighted by atomic mass is 16.6. The summed E-state index contributed by atoms with van der Waals surface area (Å²) in [6.07, 6.45) is 1.26. The topological polar surface area (TPSA) is 146 Å². The minimum absolute atomic E-state index is 0.122. The zero-order valence-corrected chi connectivity index (χ0v) is 15.2. The van der Waals surface area contributed by atoms with Crippen molar-refractivity contribution in [1.29, 1.82) is 5.26 Å².